The van der Waals surface area contributed by atoms with E-state index in [1.165, 1.54) is 19.2 Å². The van der Waals surface area contributed by atoms with Crippen molar-refractivity contribution in [3.05, 3.63) is 58.6 Å². The molecule has 0 aromatic heterocycles. The van der Waals surface area contributed by atoms with Gasteiger partial charge in [-0.3, -0.25) is 4.79 Å². The summed E-state index contributed by atoms with van der Waals surface area (Å²) in [5.41, 5.74) is 0.323. The first-order valence-corrected chi connectivity index (χ1v) is 7.15. The van der Waals surface area contributed by atoms with Crippen LogP contribution in [-0.2, 0) is 9.53 Å². The fourth-order valence-corrected chi connectivity index (χ4v) is 2.07. The van der Waals surface area contributed by atoms with Crippen molar-refractivity contribution >= 4 is 34.9 Å². The quantitative estimate of drug-likeness (QED) is 0.807. The van der Waals surface area contributed by atoms with E-state index < -0.39 is 23.5 Å². The van der Waals surface area contributed by atoms with E-state index in [9.17, 15) is 18.4 Å². The molecule has 0 bridgehead atoms. The van der Waals surface area contributed by atoms with Crippen molar-refractivity contribution in [1.82, 2.24) is 0 Å². The molecule has 0 aliphatic heterocycles. The number of anilines is 2. The molecule has 0 fully saturated rings. The van der Waals surface area contributed by atoms with Crippen molar-refractivity contribution in [2.24, 2.45) is 0 Å². The molecule has 0 aliphatic carbocycles. The lowest BCUT2D eigenvalue weighted by molar-refractivity contribution is -0.114. The van der Waals surface area contributed by atoms with Crippen molar-refractivity contribution in [2.75, 3.05) is 24.3 Å². The molecule has 0 radical (unpaired) electrons. The van der Waals surface area contributed by atoms with Crippen LogP contribution < -0.4 is 10.6 Å². The van der Waals surface area contributed by atoms with Crippen LogP contribution in [0.15, 0.2) is 36.4 Å². The number of halogens is 3. The van der Waals surface area contributed by atoms with Gasteiger partial charge in [-0.1, -0.05) is 11.6 Å². The van der Waals surface area contributed by atoms with Crippen LogP contribution in [0.4, 0.5) is 20.2 Å². The predicted molar refractivity (Wildman–Crippen MR) is 86.3 cm³/mol. The van der Waals surface area contributed by atoms with Crippen LogP contribution in [0.3, 0.4) is 0 Å². The minimum atomic E-state index is -0.746. The number of carbonyl (C=O) groups excluding carboxylic acids is 2. The van der Waals surface area contributed by atoms with Crippen molar-refractivity contribution in [2.45, 2.75) is 0 Å². The van der Waals surface area contributed by atoms with Gasteiger partial charge in [0.15, 0.2) is 0 Å². The SMILES string of the molecule is COC(=O)c1cc(NCC(=O)Nc2cc(F)ccc2F)ccc1Cl. The van der Waals surface area contributed by atoms with Crippen LogP contribution in [0, 0.1) is 11.6 Å². The molecule has 0 heterocycles. The second-order valence-electron chi connectivity index (χ2n) is 4.71. The monoisotopic (exact) mass is 354 g/mol. The zero-order valence-electron chi connectivity index (χ0n) is 12.5. The van der Waals surface area contributed by atoms with Crippen molar-refractivity contribution in [1.29, 1.82) is 0 Å². The molecule has 5 nitrogen and oxygen atoms in total. The Labute approximate surface area is 141 Å². The number of hydrogen-bond donors (Lipinski definition) is 2. The summed E-state index contributed by atoms with van der Waals surface area (Å²) in [6, 6.07) is 7.20. The van der Waals surface area contributed by atoms with Crippen LogP contribution in [0.5, 0.6) is 0 Å². The smallest absolute Gasteiger partial charge is 0.339 e. The number of rotatable bonds is 5. The van der Waals surface area contributed by atoms with Crippen molar-refractivity contribution < 1.29 is 23.1 Å². The Kier molecular flexibility index (Phi) is 5.70. The van der Waals surface area contributed by atoms with E-state index in [2.05, 4.69) is 15.4 Å². The first-order valence-electron chi connectivity index (χ1n) is 6.77. The Balaban J connectivity index is 2.01. The zero-order chi connectivity index (χ0) is 17.7. The number of ether oxygens (including phenoxy) is 1. The predicted octanol–water partition coefficient (Wildman–Crippen LogP) is 3.46. The summed E-state index contributed by atoms with van der Waals surface area (Å²) < 4.78 is 31.1. The van der Waals surface area contributed by atoms with Gasteiger partial charge in [-0.05, 0) is 30.3 Å². The lowest BCUT2D eigenvalue weighted by atomic mass is 10.2. The Morgan fingerprint density at radius 1 is 1.17 bits per heavy atom. The molecule has 1 amide bonds. The molecule has 0 saturated heterocycles. The first kappa shape index (κ1) is 17.7. The molecule has 2 N–H and O–H groups in total. The second kappa shape index (κ2) is 7.74. The Bertz CT molecular complexity index is 784. The maximum absolute atomic E-state index is 13.5. The maximum Gasteiger partial charge on any atom is 0.339 e. The molecule has 126 valence electrons. The van der Waals surface area contributed by atoms with Gasteiger partial charge in [0.2, 0.25) is 5.91 Å². The van der Waals surface area contributed by atoms with Gasteiger partial charge in [0.1, 0.15) is 11.6 Å². The molecule has 0 saturated carbocycles. The van der Waals surface area contributed by atoms with Gasteiger partial charge in [-0.15, -0.1) is 0 Å². The van der Waals surface area contributed by atoms with Crippen LogP contribution >= 0.6 is 11.6 Å². The number of benzene rings is 2. The molecule has 0 unspecified atom stereocenters. The number of esters is 1. The van der Waals surface area contributed by atoms with E-state index in [-0.39, 0.29) is 22.8 Å². The highest BCUT2D eigenvalue weighted by Gasteiger charge is 2.12. The number of hydrogen-bond acceptors (Lipinski definition) is 4. The van der Waals surface area contributed by atoms with E-state index >= 15 is 0 Å². The molecule has 2 rings (SSSR count). The molecular weight excluding hydrogens is 342 g/mol. The van der Waals surface area contributed by atoms with Crippen LogP contribution in [0.1, 0.15) is 10.4 Å². The molecule has 0 aliphatic rings. The second-order valence-corrected chi connectivity index (χ2v) is 5.12. The molecule has 2 aromatic carbocycles. The Morgan fingerprint density at radius 2 is 1.92 bits per heavy atom. The highest BCUT2D eigenvalue weighted by molar-refractivity contribution is 6.33. The Hall–Kier alpha value is -2.67. The summed E-state index contributed by atoms with van der Waals surface area (Å²) in [5.74, 6) is -2.62. The van der Waals surface area contributed by atoms with E-state index in [1.807, 2.05) is 0 Å². The number of amides is 1. The summed E-state index contributed by atoms with van der Waals surface area (Å²) >= 11 is 5.89. The van der Waals surface area contributed by atoms with Gasteiger partial charge in [0.05, 0.1) is 29.9 Å². The lowest BCUT2D eigenvalue weighted by Crippen LogP contribution is -2.22. The third kappa shape index (κ3) is 4.42. The van der Waals surface area contributed by atoms with E-state index in [1.54, 1.807) is 6.07 Å². The minimum Gasteiger partial charge on any atom is -0.465 e. The van der Waals surface area contributed by atoms with Gasteiger partial charge in [-0.25, -0.2) is 13.6 Å². The average molecular weight is 355 g/mol. The molecule has 0 spiro atoms. The summed E-state index contributed by atoms with van der Waals surface area (Å²) in [7, 11) is 1.22. The van der Waals surface area contributed by atoms with E-state index in [4.69, 9.17) is 11.6 Å². The normalized spacial score (nSPS) is 10.2. The van der Waals surface area contributed by atoms with E-state index in [0.29, 0.717) is 5.69 Å². The fraction of sp³-hybridized carbons (Fsp3) is 0.125. The molecular formula is C16H13ClF2N2O3. The molecule has 24 heavy (non-hydrogen) atoms. The molecule has 8 heteroatoms. The van der Waals surface area contributed by atoms with Crippen molar-refractivity contribution in [3.8, 4) is 0 Å². The van der Waals surface area contributed by atoms with Gasteiger partial charge < -0.3 is 15.4 Å². The summed E-state index contributed by atoms with van der Waals surface area (Å²) in [6.45, 7) is -0.224. The standard InChI is InChI=1S/C16H13ClF2N2O3/c1-24-16(23)11-7-10(3-4-12(11)17)20-8-15(22)21-14-6-9(18)2-5-13(14)19/h2-7,20H,8H2,1H3,(H,21,22). The topological polar surface area (TPSA) is 67.4 Å². The van der Waals surface area contributed by atoms with Crippen LogP contribution in [-0.4, -0.2) is 25.5 Å². The van der Waals surface area contributed by atoms with Gasteiger partial charge in [0.25, 0.3) is 0 Å². The third-order valence-corrected chi connectivity index (χ3v) is 3.36. The number of methoxy groups -OCH3 is 1. The lowest BCUT2D eigenvalue weighted by Gasteiger charge is -2.10. The summed E-state index contributed by atoms with van der Waals surface area (Å²) in [5, 5.41) is 5.20. The highest BCUT2D eigenvalue weighted by atomic mass is 35.5. The highest BCUT2D eigenvalue weighted by Crippen LogP contribution is 2.21. The molecule has 0 atom stereocenters. The van der Waals surface area contributed by atoms with Crippen molar-refractivity contribution in [3.63, 3.8) is 0 Å². The number of nitrogens with one attached hydrogen (secondary N) is 2. The van der Waals surface area contributed by atoms with E-state index in [0.717, 1.165) is 18.2 Å². The summed E-state index contributed by atoms with van der Waals surface area (Å²) in [6.07, 6.45) is 0. The number of carbonyl (C=O) groups is 2. The van der Waals surface area contributed by atoms with Crippen LogP contribution in [0.2, 0.25) is 5.02 Å². The Morgan fingerprint density at radius 3 is 2.62 bits per heavy atom. The molecule has 2 aromatic rings. The minimum absolute atomic E-state index is 0.140. The largest absolute Gasteiger partial charge is 0.465 e. The maximum atomic E-state index is 13.5. The summed E-state index contributed by atoms with van der Waals surface area (Å²) in [4.78, 5) is 23.4. The van der Waals surface area contributed by atoms with Gasteiger partial charge in [0, 0.05) is 11.8 Å². The first-order chi connectivity index (χ1) is 11.4. The van der Waals surface area contributed by atoms with Crippen LogP contribution in [0.25, 0.3) is 0 Å². The average Bonchev–Trinajstić information content (AvgIpc) is 2.56. The van der Waals surface area contributed by atoms with Gasteiger partial charge in [-0.2, -0.15) is 0 Å². The third-order valence-electron chi connectivity index (χ3n) is 3.03. The fourth-order valence-electron chi connectivity index (χ4n) is 1.87. The van der Waals surface area contributed by atoms with Gasteiger partial charge >= 0.3 is 5.97 Å². The zero-order valence-corrected chi connectivity index (χ0v) is 13.3.